The maximum Gasteiger partial charge on any atom is 0.279 e. The Kier molecular flexibility index (Phi) is 6.35. The molecule has 0 aromatic rings. The van der Waals surface area contributed by atoms with Crippen LogP contribution in [0.4, 0.5) is 0 Å². The smallest absolute Gasteiger partial charge is 0.279 e. The van der Waals surface area contributed by atoms with Gasteiger partial charge in [-0.25, -0.2) is 0 Å². The van der Waals surface area contributed by atoms with Gasteiger partial charge in [-0.1, -0.05) is 12.8 Å². The standard InChI is InChI=1S/C10H22N2O4S/c1-16-8-6-11-17(14,15)12-7-4-2-3-5-10(12)9-13/h10-11,13H,2-9H2,1H3. The Morgan fingerprint density at radius 3 is 2.82 bits per heavy atom. The Bertz CT molecular complexity index is 307. The fourth-order valence-corrected chi connectivity index (χ4v) is 3.45. The van der Waals surface area contributed by atoms with Gasteiger partial charge < -0.3 is 9.84 Å². The van der Waals surface area contributed by atoms with E-state index in [0.717, 1.165) is 25.7 Å². The van der Waals surface area contributed by atoms with Crippen LogP contribution in [0.15, 0.2) is 0 Å². The molecule has 1 atom stereocenters. The molecule has 1 heterocycles. The lowest BCUT2D eigenvalue weighted by atomic mass is 10.1. The molecule has 2 N–H and O–H groups in total. The SMILES string of the molecule is COCCNS(=O)(=O)N1CCCCCC1CO. The van der Waals surface area contributed by atoms with Gasteiger partial charge >= 0.3 is 0 Å². The van der Waals surface area contributed by atoms with E-state index in [9.17, 15) is 13.5 Å². The summed E-state index contributed by atoms with van der Waals surface area (Å²) in [4.78, 5) is 0. The van der Waals surface area contributed by atoms with E-state index in [1.165, 1.54) is 11.4 Å². The second-order valence-corrected chi connectivity index (χ2v) is 5.90. The molecule has 0 aromatic carbocycles. The molecule has 0 saturated carbocycles. The van der Waals surface area contributed by atoms with Gasteiger partial charge in [0.15, 0.2) is 0 Å². The topological polar surface area (TPSA) is 78.9 Å². The quantitative estimate of drug-likeness (QED) is 0.647. The van der Waals surface area contributed by atoms with Crippen LogP contribution in [0, 0.1) is 0 Å². The van der Waals surface area contributed by atoms with E-state index >= 15 is 0 Å². The van der Waals surface area contributed by atoms with Gasteiger partial charge in [0.05, 0.1) is 13.2 Å². The maximum absolute atomic E-state index is 12.0. The summed E-state index contributed by atoms with van der Waals surface area (Å²) in [6.45, 7) is 0.961. The third-order valence-electron chi connectivity index (χ3n) is 2.93. The van der Waals surface area contributed by atoms with Crippen molar-refractivity contribution in [1.82, 2.24) is 9.03 Å². The Morgan fingerprint density at radius 2 is 2.18 bits per heavy atom. The number of nitrogens with one attached hydrogen (secondary N) is 1. The highest BCUT2D eigenvalue weighted by molar-refractivity contribution is 7.87. The van der Waals surface area contributed by atoms with Crippen molar-refractivity contribution in [2.24, 2.45) is 0 Å². The molecule has 0 radical (unpaired) electrons. The van der Waals surface area contributed by atoms with E-state index in [0.29, 0.717) is 13.2 Å². The van der Waals surface area contributed by atoms with E-state index in [2.05, 4.69) is 4.72 Å². The zero-order valence-corrected chi connectivity index (χ0v) is 11.1. The Morgan fingerprint density at radius 1 is 1.41 bits per heavy atom. The first-order chi connectivity index (χ1) is 8.11. The van der Waals surface area contributed by atoms with Crippen molar-refractivity contribution >= 4 is 10.2 Å². The fraction of sp³-hybridized carbons (Fsp3) is 1.00. The summed E-state index contributed by atoms with van der Waals surface area (Å²) in [5, 5.41) is 9.26. The molecule has 6 nitrogen and oxygen atoms in total. The Hall–Kier alpha value is -0.210. The molecule has 1 aliphatic heterocycles. The van der Waals surface area contributed by atoms with Crippen molar-refractivity contribution < 1.29 is 18.3 Å². The van der Waals surface area contributed by atoms with Crippen LogP contribution < -0.4 is 4.72 Å². The third-order valence-corrected chi connectivity index (χ3v) is 4.60. The largest absolute Gasteiger partial charge is 0.395 e. The second-order valence-electron chi connectivity index (χ2n) is 4.19. The van der Waals surface area contributed by atoms with Crippen LogP contribution in [-0.4, -0.2) is 57.3 Å². The second kappa shape index (κ2) is 7.27. The normalized spacial score (nSPS) is 23.5. The molecule has 0 bridgehead atoms. The summed E-state index contributed by atoms with van der Waals surface area (Å²) in [6, 6.07) is -0.294. The van der Waals surface area contributed by atoms with Crippen molar-refractivity contribution in [3.05, 3.63) is 0 Å². The number of rotatable bonds is 6. The first kappa shape index (κ1) is 14.8. The molecular formula is C10H22N2O4S. The molecular weight excluding hydrogens is 244 g/mol. The molecule has 0 aliphatic carbocycles. The van der Waals surface area contributed by atoms with Crippen LogP contribution in [0.3, 0.4) is 0 Å². The molecule has 0 spiro atoms. The lowest BCUT2D eigenvalue weighted by Crippen LogP contribution is -2.48. The average molecular weight is 266 g/mol. The van der Waals surface area contributed by atoms with Crippen LogP contribution in [0.2, 0.25) is 0 Å². The van der Waals surface area contributed by atoms with Crippen molar-refractivity contribution in [3.63, 3.8) is 0 Å². The number of nitrogens with zero attached hydrogens (tertiary/aromatic N) is 1. The minimum atomic E-state index is -3.50. The lowest BCUT2D eigenvalue weighted by molar-refractivity contribution is 0.182. The van der Waals surface area contributed by atoms with Crippen LogP contribution in [0.1, 0.15) is 25.7 Å². The minimum absolute atomic E-state index is 0.120. The zero-order chi connectivity index (χ0) is 12.7. The summed E-state index contributed by atoms with van der Waals surface area (Å²) in [5.74, 6) is 0. The number of ether oxygens (including phenoxy) is 1. The number of hydrogen-bond donors (Lipinski definition) is 2. The number of methoxy groups -OCH3 is 1. The molecule has 1 aliphatic rings. The highest BCUT2D eigenvalue weighted by Crippen LogP contribution is 2.18. The van der Waals surface area contributed by atoms with E-state index in [1.807, 2.05) is 0 Å². The lowest BCUT2D eigenvalue weighted by Gasteiger charge is -2.27. The van der Waals surface area contributed by atoms with Gasteiger partial charge in [-0.05, 0) is 12.8 Å². The molecule has 0 amide bonds. The molecule has 1 fully saturated rings. The third kappa shape index (κ3) is 4.51. The Labute approximate surface area is 103 Å². The van der Waals surface area contributed by atoms with Crippen molar-refractivity contribution in [2.75, 3.05) is 33.4 Å². The first-order valence-corrected chi connectivity index (χ1v) is 7.42. The monoisotopic (exact) mass is 266 g/mol. The summed E-state index contributed by atoms with van der Waals surface area (Å²) in [6.07, 6.45) is 3.55. The summed E-state index contributed by atoms with van der Waals surface area (Å²) in [5.41, 5.74) is 0. The number of aliphatic hydroxyl groups is 1. The average Bonchev–Trinajstić information content (AvgIpc) is 2.54. The first-order valence-electron chi connectivity index (χ1n) is 5.98. The summed E-state index contributed by atoms with van der Waals surface area (Å²) >= 11 is 0. The van der Waals surface area contributed by atoms with E-state index < -0.39 is 10.2 Å². The van der Waals surface area contributed by atoms with Crippen LogP contribution in [0.5, 0.6) is 0 Å². The number of aliphatic hydroxyl groups excluding tert-OH is 1. The van der Waals surface area contributed by atoms with Gasteiger partial charge in [0, 0.05) is 26.2 Å². The van der Waals surface area contributed by atoms with Crippen molar-refractivity contribution in [2.45, 2.75) is 31.7 Å². The van der Waals surface area contributed by atoms with Gasteiger partial charge in [-0.2, -0.15) is 17.4 Å². The van der Waals surface area contributed by atoms with Gasteiger partial charge in [0.2, 0.25) is 0 Å². The molecule has 17 heavy (non-hydrogen) atoms. The van der Waals surface area contributed by atoms with E-state index in [-0.39, 0.29) is 19.2 Å². The zero-order valence-electron chi connectivity index (χ0n) is 10.3. The van der Waals surface area contributed by atoms with E-state index in [4.69, 9.17) is 4.74 Å². The Balaban J connectivity index is 2.64. The maximum atomic E-state index is 12.0. The van der Waals surface area contributed by atoms with Gasteiger partial charge in [0.25, 0.3) is 10.2 Å². The molecule has 1 saturated heterocycles. The highest BCUT2D eigenvalue weighted by Gasteiger charge is 2.30. The van der Waals surface area contributed by atoms with Crippen molar-refractivity contribution in [3.8, 4) is 0 Å². The number of hydrogen-bond acceptors (Lipinski definition) is 4. The van der Waals surface area contributed by atoms with Crippen LogP contribution >= 0.6 is 0 Å². The van der Waals surface area contributed by atoms with Crippen LogP contribution in [-0.2, 0) is 14.9 Å². The van der Waals surface area contributed by atoms with Gasteiger partial charge in [-0.3, -0.25) is 0 Å². The minimum Gasteiger partial charge on any atom is -0.395 e. The molecule has 1 rings (SSSR count). The van der Waals surface area contributed by atoms with Gasteiger partial charge in [-0.15, -0.1) is 0 Å². The molecule has 7 heteroatoms. The van der Waals surface area contributed by atoms with Crippen LogP contribution in [0.25, 0.3) is 0 Å². The predicted molar refractivity (Wildman–Crippen MR) is 64.8 cm³/mol. The molecule has 1 unspecified atom stereocenters. The highest BCUT2D eigenvalue weighted by atomic mass is 32.2. The van der Waals surface area contributed by atoms with Crippen molar-refractivity contribution in [1.29, 1.82) is 0 Å². The predicted octanol–water partition coefficient (Wildman–Crippen LogP) is -0.296. The summed E-state index contributed by atoms with van der Waals surface area (Å²) in [7, 11) is -1.97. The molecule has 0 aromatic heterocycles. The van der Waals surface area contributed by atoms with Gasteiger partial charge in [0.1, 0.15) is 0 Å². The molecule has 102 valence electrons. The van der Waals surface area contributed by atoms with E-state index in [1.54, 1.807) is 0 Å². The summed E-state index contributed by atoms with van der Waals surface area (Å²) < 4.78 is 32.7. The fourth-order valence-electron chi connectivity index (χ4n) is 2.01.